The molecular weight excluding hydrogens is 429 g/mol. The number of aromatic nitrogens is 1. The van der Waals surface area contributed by atoms with Crippen LogP contribution in [0.3, 0.4) is 0 Å². The van der Waals surface area contributed by atoms with E-state index < -0.39 is 12.1 Å². The highest BCUT2D eigenvalue weighted by molar-refractivity contribution is 5.98. The van der Waals surface area contributed by atoms with Crippen molar-refractivity contribution in [3.05, 3.63) is 47.9 Å². The van der Waals surface area contributed by atoms with E-state index in [1.807, 2.05) is 6.92 Å². The topological polar surface area (TPSA) is 92.2 Å². The van der Waals surface area contributed by atoms with E-state index >= 15 is 0 Å². The molecule has 0 fully saturated rings. The maximum Gasteiger partial charge on any atom is 0.259 e. The van der Waals surface area contributed by atoms with E-state index in [-0.39, 0.29) is 54.8 Å². The summed E-state index contributed by atoms with van der Waals surface area (Å²) in [6.07, 6.45) is 1.13. The summed E-state index contributed by atoms with van der Waals surface area (Å²) >= 11 is 0. The van der Waals surface area contributed by atoms with E-state index in [4.69, 9.17) is 9.47 Å². The zero-order chi connectivity index (χ0) is 24.1. The number of hydrogen-bond acceptors (Lipinski definition) is 6. The number of aliphatic hydroxyl groups excluding tert-OH is 1. The van der Waals surface area contributed by atoms with E-state index in [0.29, 0.717) is 17.7 Å². The van der Waals surface area contributed by atoms with Crippen molar-refractivity contribution >= 4 is 11.8 Å². The summed E-state index contributed by atoms with van der Waals surface area (Å²) in [6.45, 7) is 4.07. The third-order valence-corrected chi connectivity index (χ3v) is 5.85. The highest BCUT2D eigenvalue weighted by Gasteiger charge is 2.34. The van der Waals surface area contributed by atoms with Crippen LogP contribution in [0.15, 0.2) is 36.5 Å². The van der Waals surface area contributed by atoms with Crippen molar-refractivity contribution < 1.29 is 28.6 Å². The van der Waals surface area contributed by atoms with Crippen LogP contribution in [-0.4, -0.2) is 84.3 Å². The summed E-state index contributed by atoms with van der Waals surface area (Å²) in [4.78, 5) is 33.2. The molecule has 1 N–H and O–H groups in total. The molecule has 178 valence electrons. The minimum atomic E-state index is -0.444. The number of carbonyl (C=O) groups excluding carboxylic acids is 2. The first-order valence-electron chi connectivity index (χ1n) is 10.8. The number of nitrogens with zero attached hydrogens (tertiary/aromatic N) is 3. The molecule has 2 amide bonds. The third-order valence-electron chi connectivity index (χ3n) is 5.85. The molecular formula is C24H30FN3O5. The van der Waals surface area contributed by atoms with Crippen LogP contribution < -0.4 is 4.74 Å². The molecule has 3 rings (SSSR count). The predicted molar refractivity (Wildman–Crippen MR) is 120 cm³/mol. The molecule has 1 aromatic heterocycles. The quantitative estimate of drug-likeness (QED) is 0.683. The van der Waals surface area contributed by atoms with Gasteiger partial charge in [-0.15, -0.1) is 0 Å². The highest BCUT2D eigenvalue weighted by atomic mass is 19.1. The Kier molecular flexibility index (Phi) is 7.99. The minimum absolute atomic E-state index is 0.0420. The van der Waals surface area contributed by atoms with E-state index in [1.54, 1.807) is 43.3 Å². The molecule has 0 saturated carbocycles. The van der Waals surface area contributed by atoms with Crippen LogP contribution >= 0.6 is 0 Å². The van der Waals surface area contributed by atoms with Crippen molar-refractivity contribution in [3.63, 3.8) is 0 Å². The fraction of sp³-hybridized carbons (Fsp3) is 0.458. The standard InChI is InChI=1S/C24H30FN3O5/c1-15-11-28(16(2)13-29)24(31)20-9-18(17-5-7-19(25)8-6-17)10-26-23(20)33-21(15)12-27(3)22(30)14-32-4/h5-10,15-16,21,29H,11-14H2,1-4H3/t15-,16-,21+/m1/s1. The zero-order valence-corrected chi connectivity index (χ0v) is 19.3. The van der Waals surface area contributed by atoms with Gasteiger partial charge in [0.1, 0.15) is 24.1 Å². The molecule has 8 nitrogen and oxygen atoms in total. The molecule has 3 atom stereocenters. The Hall–Kier alpha value is -3.04. The lowest BCUT2D eigenvalue weighted by Gasteiger charge is -2.37. The normalized spacial score (nSPS) is 19.2. The molecule has 0 unspecified atom stereocenters. The number of amides is 2. The molecule has 0 aliphatic carbocycles. The van der Waals surface area contributed by atoms with Crippen LogP contribution in [0.2, 0.25) is 0 Å². The van der Waals surface area contributed by atoms with Gasteiger partial charge in [0.05, 0.1) is 19.2 Å². The van der Waals surface area contributed by atoms with Crippen LogP contribution in [-0.2, 0) is 9.53 Å². The van der Waals surface area contributed by atoms with E-state index in [1.165, 1.54) is 24.1 Å². The van der Waals surface area contributed by atoms with Gasteiger partial charge in [0.25, 0.3) is 5.91 Å². The number of carbonyl (C=O) groups is 2. The first-order valence-corrected chi connectivity index (χ1v) is 10.8. The van der Waals surface area contributed by atoms with Gasteiger partial charge in [0.15, 0.2) is 0 Å². The second-order valence-corrected chi connectivity index (χ2v) is 8.41. The number of methoxy groups -OCH3 is 1. The lowest BCUT2D eigenvalue weighted by Crippen LogP contribution is -2.50. The smallest absolute Gasteiger partial charge is 0.259 e. The average Bonchev–Trinajstić information content (AvgIpc) is 2.81. The SMILES string of the molecule is COCC(=O)N(C)C[C@@H]1Oc2ncc(-c3ccc(F)cc3)cc2C(=O)N([C@H](C)CO)C[C@H]1C. The van der Waals surface area contributed by atoms with Gasteiger partial charge in [-0.05, 0) is 30.7 Å². The Labute approximate surface area is 192 Å². The van der Waals surface area contributed by atoms with Crippen molar-refractivity contribution in [1.82, 2.24) is 14.8 Å². The number of ether oxygens (including phenoxy) is 2. The van der Waals surface area contributed by atoms with E-state index in [0.717, 1.165) is 0 Å². The van der Waals surface area contributed by atoms with Gasteiger partial charge in [-0.1, -0.05) is 19.1 Å². The monoisotopic (exact) mass is 459 g/mol. The number of aliphatic hydroxyl groups is 1. The zero-order valence-electron chi connectivity index (χ0n) is 19.3. The van der Waals surface area contributed by atoms with Crippen molar-refractivity contribution in [2.45, 2.75) is 26.0 Å². The Morgan fingerprint density at radius 3 is 2.70 bits per heavy atom. The maximum atomic E-state index is 13.4. The number of rotatable bonds is 7. The second kappa shape index (κ2) is 10.7. The van der Waals surface area contributed by atoms with Gasteiger partial charge in [0, 0.05) is 38.4 Å². The van der Waals surface area contributed by atoms with Gasteiger partial charge >= 0.3 is 0 Å². The van der Waals surface area contributed by atoms with Gasteiger partial charge in [-0.25, -0.2) is 9.37 Å². The molecule has 9 heteroatoms. The van der Waals surface area contributed by atoms with E-state index in [2.05, 4.69) is 4.98 Å². The molecule has 0 radical (unpaired) electrons. The van der Waals surface area contributed by atoms with Crippen LogP contribution in [0, 0.1) is 11.7 Å². The van der Waals surface area contributed by atoms with Crippen LogP contribution in [0.5, 0.6) is 5.88 Å². The fourth-order valence-electron chi connectivity index (χ4n) is 3.73. The molecule has 2 aromatic rings. The van der Waals surface area contributed by atoms with Gasteiger partial charge in [0.2, 0.25) is 11.8 Å². The summed E-state index contributed by atoms with van der Waals surface area (Å²) in [5.74, 6) is -0.842. The summed E-state index contributed by atoms with van der Waals surface area (Å²) in [6, 6.07) is 7.16. The first kappa shape index (κ1) is 24.6. The molecule has 0 spiro atoms. The van der Waals surface area contributed by atoms with Crippen molar-refractivity contribution in [3.8, 4) is 17.0 Å². The Bertz CT molecular complexity index is 985. The number of halogens is 1. The maximum absolute atomic E-state index is 13.4. The lowest BCUT2D eigenvalue weighted by molar-refractivity contribution is -0.135. The van der Waals surface area contributed by atoms with Crippen LogP contribution in [0.25, 0.3) is 11.1 Å². The molecule has 2 heterocycles. The molecule has 1 aromatic carbocycles. The summed E-state index contributed by atoms with van der Waals surface area (Å²) < 4.78 is 24.5. The van der Waals surface area contributed by atoms with Crippen molar-refractivity contribution in [1.29, 1.82) is 0 Å². The number of fused-ring (bicyclic) bond motifs is 1. The molecule has 1 aliphatic rings. The van der Waals surface area contributed by atoms with Gasteiger partial charge < -0.3 is 24.4 Å². The first-order chi connectivity index (χ1) is 15.7. The highest BCUT2D eigenvalue weighted by Crippen LogP contribution is 2.30. The largest absolute Gasteiger partial charge is 0.472 e. The molecule has 0 saturated heterocycles. The number of hydrogen-bond donors (Lipinski definition) is 1. The number of benzene rings is 1. The molecule has 0 bridgehead atoms. The van der Waals surface area contributed by atoms with Gasteiger partial charge in [-0.2, -0.15) is 0 Å². The Morgan fingerprint density at radius 1 is 1.36 bits per heavy atom. The van der Waals surface area contributed by atoms with Crippen LogP contribution in [0.1, 0.15) is 24.2 Å². The molecule has 33 heavy (non-hydrogen) atoms. The minimum Gasteiger partial charge on any atom is -0.472 e. The summed E-state index contributed by atoms with van der Waals surface area (Å²) in [7, 11) is 3.13. The third kappa shape index (κ3) is 5.66. The average molecular weight is 460 g/mol. The predicted octanol–water partition coefficient (Wildman–Crippen LogP) is 2.21. The van der Waals surface area contributed by atoms with Gasteiger partial charge in [-0.3, -0.25) is 9.59 Å². The molecule has 1 aliphatic heterocycles. The second-order valence-electron chi connectivity index (χ2n) is 8.41. The van der Waals surface area contributed by atoms with Crippen molar-refractivity contribution in [2.75, 3.05) is 40.5 Å². The lowest BCUT2D eigenvalue weighted by atomic mass is 9.99. The summed E-state index contributed by atoms with van der Waals surface area (Å²) in [5.41, 5.74) is 1.60. The van der Waals surface area contributed by atoms with Crippen molar-refractivity contribution in [2.24, 2.45) is 5.92 Å². The van der Waals surface area contributed by atoms with E-state index in [9.17, 15) is 19.1 Å². The number of likely N-dealkylation sites (N-methyl/N-ethyl adjacent to an activating group) is 1. The Morgan fingerprint density at radius 2 is 2.06 bits per heavy atom. The fourth-order valence-corrected chi connectivity index (χ4v) is 3.73. The summed E-state index contributed by atoms with van der Waals surface area (Å²) in [5, 5.41) is 9.76. The van der Waals surface area contributed by atoms with Crippen LogP contribution in [0.4, 0.5) is 4.39 Å². The number of pyridine rings is 1. The Balaban J connectivity index is 2.00.